The summed E-state index contributed by atoms with van der Waals surface area (Å²) in [6.07, 6.45) is 2.57. The van der Waals surface area contributed by atoms with E-state index in [1.54, 1.807) is 0 Å². The summed E-state index contributed by atoms with van der Waals surface area (Å²) < 4.78 is 5.43. The molecule has 0 unspecified atom stereocenters. The molecule has 2 atom stereocenters. The minimum absolute atomic E-state index is 0.908. The average Bonchev–Trinajstić information content (AvgIpc) is 2.76. The second-order valence-corrected chi connectivity index (χ2v) is 6.02. The first-order valence-corrected chi connectivity index (χ1v) is 6.80. The summed E-state index contributed by atoms with van der Waals surface area (Å²) in [5.74, 6) is 2.83. The van der Waals surface area contributed by atoms with Gasteiger partial charge in [0.1, 0.15) is 0 Å². The third-order valence-electron chi connectivity index (χ3n) is 4.60. The molecule has 3 rings (SSSR count). The smallest absolute Gasteiger partial charge is 0.0469 e. The van der Waals surface area contributed by atoms with Gasteiger partial charge in [-0.3, -0.25) is 0 Å². The Labute approximate surface area is 98.7 Å². The normalized spacial score (nSPS) is 38.1. The number of likely N-dealkylation sites (tertiary alicyclic amines) is 2. The maximum absolute atomic E-state index is 5.43. The molecule has 3 aliphatic heterocycles. The van der Waals surface area contributed by atoms with Crippen LogP contribution in [-0.4, -0.2) is 62.8 Å². The van der Waals surface area contributed by atoms with Gasteiger partial charge in [0.2, 0.25) is 0 Å². The quantitative estimate of drug-likeness (QED) is 0.693. The minimum Gasteiger partial charge on any atom is -0.381 e. The van der Waals surface area contributed by atoms with Crippen LogP contribution in [0.25, 0.3) is 0 Å². The lowest BCUT2D eigenvalue weighted by Crippen LogP contribution is -2.33. The van der Waals surface area contributed by atoms with Crippen LogP contribution in [-0.2, 0) is 4.74 Å². The van der Waals surface area contributed by atoms with Crippen molar-refractivity contribution in [2.45, 2.75) is 12.8 Å². The van der Waals surface area contributed by atoms with Gasteiger partial charge in [-0.1, -0.05) is 0 Å². The highest BCUT2D eigenvalue weighted by molar-refractivity contribution is 4.92. The van der Waals surface area contributed by atoms with Crippen molar-refractivity contribution >= 4 is 0 Å². The molecule has 0 amide bonds. The molecule has 3 heteroatoms. The molecule has 16 heavy (non-hydrogen) atoms. The lowest BCUT2D eigenvalue weighted by atomic mass is 10.00. The van der Waals surface area contributed by atoms with Gasteiger partial charge in [0.15, 0.2) is 0 Å². The van der Waals surface area contributed by atoms with Crippen molar-refractivity contribution in [2.75, 3.05) is 53.0 Å². The van der Waals surface area contributed by atoms with Gasteiger partial charge in [0.25, 0.3) is 0 Å². The van der Waals surface area contributed by atoms with Crippen molar-refractivity contribution in [3.05, 3.63) is 0 Å². The molecular formula is C13H24N2O. The first-order chi connectivity index (χ1) is 7.81. The van der Waals surface area contributed by atoms with Crippen molar-refractivity contribution in [1.29, 1.82) is 0 Å². The number of rotatable bonds is 2. The van der Waals surface area contributed by atoms with Crippen LogP contribution < -0.4 is 0 Å². The molecule has 0 aromatic rings. The van der Waals surface area contributed by atoms with E-state index in [1.165, 1.54) is 45.6 Å². The topological polar surface area (TPSA) is 15.7 Å². The molecule has 0 bridgehead atoms. The van der Waals surface area contributed by atoms with E-state index in [0.29, 0.717) is 0 Å². The molecule has 92 valence electrons. The Morgan fingerprint density at radius 2 is 1.62 bits per heavy atom. The van der Waals surface area contributed by atoms with Gasteiger partial charge in [-0.25, -0.2) is 0 Å². The summed E-state index contributed by atoms with van der Waals surface area (Å²) in [7, 11) is 2.27. The van der Waals surface area contributed by atoms with Gasteiger partial charge in [-0.15, -0.1) is 0 Å². The standard InChI is InChI=1S/C13H24N2O/c1-14-7-12-9-15(10-13(12)8-14)6-11-2-4-16-5-3-11/h11-13H,2-10H2,1H3/t12-,13+. The van der Waals surface area contributed by atoms with Crippen LogP contribution in [0.3, 0.4) is 0 Å². The molecule has 0 aliphatic carbocycles. The Morgan fingerprint density at radius 1 is 1.00 bits per heavy atom. The number of fused-ring (bicyclic) bond motifs is 1. The first kappa shape index (κ1) is 11.0. The van der Waals surface area contributed by atoms with Crippen LogP contribution in [0.4, 0.5) is 0 Å². The molecule has 3 heterocycles. The zero-order chi connectivity index (χ0) is 11.0. The van der Waals surface area contributed by atoms with Crippen molar-refractivity contribution in [3.8, 4) is 0 Å². The maximum atomic E-state index is 5.43. The number of hydrogen-bond acceptors (Lipinski definition) is 3. The molecule has 0 spiro atoms. The van der Waals surface area contributed by atoms with Gasteiger partial charge in [-0.05, 0) is 37.6 Å². The largest absolute Gasteiger partial charge is 0.381 e. The van der Waals surface area contributed by atoms with Crippen molar-refractivity contribution in [1.82, 2.24) is 9.80 Å². The molecule has 3 aliphatic rings. The van der Waals surface area contributed by atoms with Crippen LogP contribution in [0.1, 0.15) is 12.8 Å². The fourth-order valence-corrected chi connectivity index (χ4v) is 3.77. The summed E-state index contributed by atoms with van der Waals surface area (Å²) in [4.78, 5) is 5.22. The van der Waals surface area contributed by atoms with Gasteiger partial charge >= 0.3 is 0 Å². The predicted octanol–water partition coefficient (Wildman–Crippen LogP) is 0.906. The number of nitrogens with zero attached hydrogens (tertiary/aromatic N) is 2. The lowest BCUT2D eigenvalue weighted by molar-refractivity contribution is 0.0542. The van der Waals surface area contributed by atoms with E-state index in [9.17, 15) is 0 Å². The Balaban J connectivity index is 1.47. The first-order valence-electron chi connectivity index (χ1n) is 6.80. The molecular weight excluding hydrogens is 200 g/mol. The van der Waals surface area contributed by atoms with Gasteiger partial charge in [-0.2, -0.15) is 0 Å². The fourth-order valence-electron chi connectivity index (χ4n) is 3.77. The zero-order valence-corrected chi connectivity index (χ0v) is 10.4. The van der Waals surface area contributed by atoms with E-state index in [1.807, 2.05) is 0 Å². The van der Waals surface area contributed by atoms with Crippen LogP contribution in [0.5, 0.6) is 0 Å². The van der Waals surface area contributed by atoms with E-state index in [2.05, 4.69) is 16.8 Å². The molecule has 3 saturated heterocycles. The molecule has 0 radical (unpaired) electrons. The van der Waals surface area contributed by atoms with Crippen molar-refractivity contribution in [2.24, 2.45) is 17.8 Å². The summed E-state index contributed by atoms with van der Waals surface area (Å²) in [5, 5.41) is 0. The molecule has 0 aromatic carbocycles. The van der Waals surface area contributed by atoms with Gasteiger partial charge in [0.05, 0.1) is 0 Å². The third-order valence-corrected chi connectivity index (χ3v) is 4.60. The van der Waals surface area contributed by atoms with E-state index in [0.717, 1.165) is 31.0 Å². The van der Waals surface area contributed by atoms with Crippen LogP contribution >= 0.6 is 0 Å². The molecule has 3 fully saturated rings. The summed E-state index contributed by atoms with van der Waals surface area (Å²) >= 11 is 0. The van der Waals surface area contributed by atoms with Crippen LogP contribution in [0, 0.1) is 17.8 Å². The molecule has 0 N–H and O–H groups in total. The van der Waals surface area contributed by atoms with Crippen LogP contribution in [0.2, 0.25) is 0 Å². The van der Waals surface area contributed by atoms with E-state index < -0.39 is 0 Å². The van der Waals surface area contributed by atoms with Crippen molar-refractivity contribution < 1.29 is 4.74 Å². The highest BCUT2D eigenvalue weighted by Gasteiger charge is 2.38. The maximum Gasteiger partial charge on any atom is 0.0469 e. The highest BCUT2D eigenvalue weighted by atomic mass is 16.5. The molecule has 0 saturated carbocycles. The number of hydrogen-bond donors (Lipinski definition) is 0. The zero-order valence-electron chi connectivity index (χ0n) is 10.4. The monoisotopic (exact) mass is 224 g/mol. The Kier molecular flexibility index (Phi) is 3.18. The van der Waals surface area contributed by atoms with E-state index >= 15 is 0 Å². The summed E-state index contributed by atoms with van der Waals surface area (Å²) in [6.45, 7) is 8.69. The SMILES string of the molecule is CN1C[C@@H]2CN(CC3CCOCC3)C[C@@H]2C1. The molecule has 0 aromatic heterocycles. The van der Waals surface area contributed by atoms with Gasteiger partial charge in [0, 0.05) is 45.9 Å². The Morgan fingerprint density at radius 3 is 2.25 bits per heavy atom. The number of ether oxygens (including phenoxy) is 1. The fraction of sp³-hybridized carbons (Fsp3) is 1.00. The molecule has 3 nitrogen and oxygen atoms in total. The van der Waals surface area contributed by atoms with Crippen LogP contribution in [0.15, 0.2) is 0 Å². The van der Waals surface area contributed by atoms with Crippen molar-refractivity contribution in [3.63, 3.8) is 0 Å². The predicted molar refractivity (Wildman–Crippen MR) is 64.5 cm³/mol. The van der Waals surface area contributed by atoms with E-state index in [-0.39, 0.29) is 0 Å². The van der Waals surface area contributed by atoms with Gasteiger partial charge < -0.3 is 14.5 Å². The van der Waals surface area contributed by atoms with E-state index in [4.69, 9.17) is 4.74 Å². The highest BCUT2D eigenvalue weighted by Crippen LogP contribution is 2.31. The minimum atomic E-state index is 0.908. The summed E-state index contributed by atoms with van der Waals surface area (Å²) in [5.41, 5.74) is 0. The third kappa shape index (κ3) is 2.27. The Hall–Kier alpha value is -0.120. The average molecular weight is 224 g/mol. The lowest BCUT2D eigenvalue weighted by Gasteiger charge is -2.27. The second kappa shape index (κ2) is 4.63. The second-order valence-electron chi connectivity index (χ2n) is 6.02. The Bertz CT molecular complexity index is 226. The summed E-state index contributed by atoms with van der Waals surface area (Å²) in [6, 6.07) is 0.